The number of urea groups is 1. The van der Waals surface area contributed by atoms with E-state index in [9.17, 15) is 14.4 Å². The number of imide groups is 1. The number of nitrogens with one attached hydrogen (secondary N) is 1. The fourth-order valence-electron chi connectivity index (χ4n) is 4.18. The molecule has 0 saturated carbocycles. The molecular weight excluding hydrogens is 425 g/mol. The largest absolute Gasteiger partial charge is 0.494 e. The van der Waals surface area contributed by atoms with E-state index >= 15 is 0 Å². The average Bonchev–Trinajstić information content (AvgIpc) is 3.28. The molecule has 1 spiro atoms. The summed E-state index contributed by atoms with van der Waals surface area (Å²) in [6.07, 6.45) is -0.161. The summed E-state index contributed by atoms with van der Waals surface area (Å²) in [6, 6.07) is 6.50. The van der Waals surface area contributed by atoms with E-state index in [4.69, 9.17) is 14.0 Å². The van der Waals surface area contributed by atoms with E-state index in [2.05, 4.69) is 5.32 Å². The van der Waals surface area contributed by atoms with E-state index in [1.165, 1.54) is 4.90 Å². The number of likely N-dealkylation sites (tertiary alicyclic amines) is 1. The number of ether oxygens (including phenoxy) is 1. The molecule has 178 valence electrons. The van der Waals surface area contributed by atoms with Gasteiger partial charge in [-0.25, -0.2) is 14.5 Å². The Morgan fingerprint density at radius 3 is 2.18 bits per heavy atom. The van der Waals surface area contributed by atoms with Gasteiger partial charge in [-0.05, 0) is 72.5 Å². The van der Waals surface area contributed by atoms with E-state index in [-0.39, 0.29) is 12.5 Å². The minimum atomic E-state index is -1.14. The van der Waals surface area contributed by atoms with Crippen LogP contribution in [-0.2, 0) is 18.8 Å². The standard InChI is InChI=1S/C23H32BN3O6/c1-20(2,3)31-19(30)26-13-12-23(14-26)17(28)27(18(29)25-23)16-10-8-15(9-11-16)24-32-21(4,5)22(6,7)33-24/h8-11H,12-14H2,1-7H3,(H,25,29). The lowest BCUT2D eigenvalue weighted by atomic mass is 9.79. The molecule has 3 aliphatic rings. The third kappa shape index (κ3) is 4.10. The minimum absolute atomic E-state index is 0.0784. The number of hydrogen-bond acceptors (Lipinski definition) is 6. The second kappa shape index (κ2) is 7.46. The van der Waals surface area contributed by atoms with Gasteiger partial charge in [0, 0.05) is 6.54 Å². The summed E-state index contributed by atoms with van der Waals surface area (Å²) >= 11 is 0. The Labute approximate surface area is 194 Å². The number of hydrogen-bond donors (Lipinski definition) is 1. The second-order valence-corrected chi connectivity index (χ2v) is 11.0. The summed E-state index contributed by atoms with van der Waals surface area (Å²) in [6.45, 7) is 13.7. The zero-order chi connectivity index (χ0) is 24.4. The van der Waals surface area contributed by atoms with Crippen LogP contribution < -0.4 is 15.7 Å². The van der Waals surface area contributed by atoms with Crippen molar-refractivity contribution in [3.8, 4) is 0 Å². The van der Waals surface area contributed by atoms with Gasteiger partial charge >= 0.3 is 19.2 Å². The molecule has 10 heteroatoms. The van der Waals surface area contributed by atoms with Crippen molar-refractivity contribution in [1.82, 2.24) is 10.2 Å². The molecule has 3 fully saturated rings. The summed E-state index contributed by atoms with van der Waals surface area (Å²) in [5.41, 5.74) is -1.45. The smallest absolute Gasteiger partial charge is 0.444 e. The van der Waals surface area contributed by atoms with Gasteiger partial charge in [0.25, 0.3) is 5.91 Å². The van der Waals surface area contributed by atoms with E-state index in [0.717, 1.165) is 10.4 Å². The zero-order valence-corrected chi connectivity index (χ0v) is 20.4. The lowest BCUT2D eigenvalue weighted by molar-refractivity contribution is -0.121. The predicted octanol–water partition coefficient (Wildman–Crippen LogP) is 2.42. The molecule has 1 aromatic carbocycles. The van der Waals surface area contributed by atoms with Crippen molar-refractivity contribution in [3.05, 3.63) is 24.3 Å². The first kappa shape index (κ1) is 23.6. The Hall–Kier alpha value is -2.59. The molecule has 0 radical (unpaired) electrons. The van der Waals surface area contributed by atoms with Crippen LogP contribution in [0.5, 0.6) is 0 Å². The van der Waals surface area contributed by atoms with Crippen LogP contribution in [0, 0.1) is 0 Å². The highest BCUT2D eigenvalue weighted by molar-refractivity contribution is 6.62. The summed E-state index contributed by atoms with van der Waals surface area (Å²) < 4.78 is 17.6. The molecule has 9 nitrogen and oxygen atoms in total. The van der Waals surface area contributed by atoms with Crippen molar-refractivity contribution in [2.75, 3.05) is 18.0 Å². The van der Waals surface area contributed by atoms with Crippen LogP contribution in [-0.4, -0.2) is 65.5 Å². The molecule has 4 amide bonds. The maximum absolute atomic E-state index is 13.3. The fourth-order valence-corrected chi connectivity index (χ4v) is 4.18. The van der Waals surface area contributed by atoms with Gasteiger partial charge in [0.2, 0.25) is 0 Å². The van der Waals surface area contributed by atoms with Crippen molar-refractivity contribution in [2.45, 2.75) is 77.2 Å². The molecule has 3 aliphatic heterocycles. The third-order valence-electron chi connectivity index (χ3n) is 6.76. The maximum atomic E-state index is 13.3. The Kier molecular flexibility index (Phi) is 5.33. The molecule has 0 aliphatic carbocycles. The van der Waals surface area contributed by atoms with Gasteiger partial charge in [-0.3, -0.25) is 4.79 Å². The van der Waals surface area contributed by atoms with Crippen LogP contribution in [0.25, 0.3) is 0 Å². The normalized spacial score (nSPS) is 26.3. The molecule has 33 heavy (non-hydrogen) atoms. The lowest BCUT2D eigenvalue weighted by Crippen LogP contribution is -2.50. The molecule has 1 unspecified atom stereocenters. The molecular formula is C23H32BN3O6. The van der Waals surface area contributed by atoms with Gasteiger partial charge in [0.1, 0.15) is 11.1 Å². The Balaban J connectivity index is 1.48. The zero-order valence-electron chi connectivity index (χ0n) is 20.4. The molecule has 0 aromatic heterocycles. The molecule has 1 aromatic rings. The quantitative estimate of drug-likeness (QED) is 0.541. The van der Waals surface area contributed by atoms with Crippen molar-refractivity contribution in [1.29, 1.82) is 0 Å². The first-order valence-electron chi connectivity index (χ1n) is 11.2. The van der Waals surface area contributed by atoms with E-state index in [0.29, 0.717) is 18.7 Å². The summed E-state index contributed by atoms with van der Waals surface area (Å²) in [7, 11) is -0.532. The van der Waals surface area contributed by atoms with Crippen molar-refractivity contribution >= 4 is 36.3 Å². The number of rotatable bonds is 2. The maximum Gasteiger partial charge on any atom is 0.494 e. The van der Waals surface area contributed by atoms with Crippen LogP contribution in [0.3, 0.4) is 0 Å². The summed E-state index contributed by atoms with van der Waals surface area (Å²) in [5, 5.41) is 2.81. The van der Waals surface area contributed by atoms with Crippen molar-refractivity contribution in [2.24, 2.45) is 0 Å². The molecule has 3 heterocycles. The minimum Gasteiger partial charge on any atom is -0.444 e. The number of carbonyl (C=O) groups excluding carboxylic acids is 3. The fraction of sp³-hybridized carbons (Fsp3) is 0.609. The topological polar surface area (TPSA) is 97.4 Å². The predicted molar refractivity (Wildman–Crippen MR) is 123 cm³/mol. The highest BCUT2D eigenvalue weighted by Crippen LogP contribution is 2.37. The molecule has 3 saturated heterocycles. The molecule has 1 N–H and O–H groups in total. The number of carbonyl (C=O) groups is 3. The van der Waals surface area contributed by atoms with E-state index in [1.807, 2.05) is 27.7 Å². The molecule has 1 atom stereocenters. The summed E-state index contributed by atoms with van der Waals surface area (Å²) in [5.74, 6) is -0.373. The van der Waals surface area contributed by atoms with Gasteiger partial charge in [-0.15, -0.1) is 0 Å². The van der Waals surface area contributed by atoms with Gasteiger partial charge in [0.05, 0.1) is 23.4 Å². The van der Waals surface area contributed by atoms with Gasteiger partial charge in [-0.2, -0.15) is 0 Å². The second-order valence-electron chi connectivity index (χ2n) is 11.0. The first-order chi connectivity index (χ1) is 15.1. The van der Waals surface area contributed by atoms with E-state index < -0.39 is 41.6 Å². The van der Waals surface area contributed by atoms with Gasteiger partial charge in [-0.1, -0.05) is 12.1 Å². The highest BCUT2D eigenvalue weighted by Gasteiger charge is 2.56. The van der Waals surface area contributed by atoms with E-state index in [1.54, 1.807) is 45.0 Å². The Morgan fingerprint density at radius 2 is 1.64 bits per heavy atom. The monoisotopic (exact) mass is 457 g/mol. The van der Waals surface area contributed by atoms with Crippen LogP contribution >= 0.6 is 0 Å². The Morgan fingerprint density at radius 1 is 1.06 bits per heavy atom. The van der Waals surface area contributed by atoms with Crippen LogP contribution in [0.2, 0.25) is 0 Å². The SMILES string of the molecule is CC(C)(C)OC(=O)N1CCC2(C1)NC(=O)N(c1ccc(B3OC(C)(C)C(C)(C)O3)cc1)C2=O. The van der Waals surface area contributed by atoms with Gasteiger partial charge in [0.15, 0.2) is 0 Å². The Bertz CT molecular complexity index is 971. The van der Waals surface area contributed by atoms with Gasteiger partial charge < -0.3 is 24.3 Å². The molecule has 0 bridgehead atoms. The van der Waals surface area contributed by atoms with Crippen LogP contribution in [0.15, 0.2) is 24.3 Å². The van der Waals surface area contributed by atoms with Crippen LogP contribution in [0.4, 0.5) is 15.3 Å². The first-order valence-corrected chi connectivity index (χ1v) is 11.2. The third-order valence-corrected chi connectivity index (χ3v) is 6.76. The number of nitrogens with zero attached hydrogens (tertiary/aromatic N) is 2. The number of benzene rings is 1. The van der Waals surface area contributed by atoms with Crippen LogP contribution in [0.1, 0.15) is 54.9 Å². The number of amides is 4. The lowest BCUT2D eigenvalue weighted by Gasteiger charge is -2.32. The highest BCUT2D eigenvalue weighted by atomic mass is 16.7. The summed E-state index contributed by atoms with van der Waals surface area (Å²) in [4.78, 5) is 41.1. The number of anilines is 1. The van der Waals surface area contributed by atoms with Crippen molar-refractivity contribution in [3.63, 3.8) is 0 Å². The molecule has 4 rings (SSSR count). The van der Waals surface area contributed by atoms with Crippen molar-refractivity contribution < 1.29 is 28.4 Å². The average molecular weight is 457 g/mol.